The highest BCUT2D eigenvalue weighted by Crippen LogP contribution is 2.50. The van der Waals surface area contributed by atoms with Crippen LogP contribution in [0.5, 0.6) is 0 Å². The molecule has 0 aromatic heterocycles. The Balaban J connectivity index is 0. The molecule has 2 aromatic rings. The van der Waals surface area contributed by atoms with Crippen LogP contribution < -0.4 is 16.1 Å². The highest BCUT2D eigenvalue weighted by atomic mass is 16.5. The summed E-state index contributed by atoms with van der Waals surface area (Å²) in [7, 11) is 9.26. The third-order valence-electron chi connectivity index (χ3n) is 12.4. The lowest BCUT2D eigenvalue weighted by molar-refractivity contribution is -0.131. The number of amides is 2. The Hall–Kier alpha value is -5.61. The second-order valence-electron chi connectivity index (χ2n) is 21.2. The van der Waals surface area contributed by atoms with E-state index in [1.54, 1.807) is 13.3 Å². The lowest BCUT2D eigenvalue weighted by Gasteiger charge is -2.35. The minimum absolute atomic E-state index is 0.100. The first-order chi connectivity index (χ1) is 36.0. The van der Waals surface area contributed by atoms with Crippen LogP contribution in [-0.4, -0.2) is 114 Å². The summed E-state index contributed by atoms with van der Waals surface area (Å²) in [5, 5.41) is 3.94. The van der Waals surface area contributed by atoms with Gasteiger partial charge in [-0.25, -0.2) is 5.43 Å². The Morgan fingerprint density at radius 2 is 1.64 bits per heavy atom. The number of likely N-dealkylation sites (N-methyl/N-ethyl adjacent to an activating group) is 2. The monoisotopic (exact) mass is 1050 g/mol. The molecule has 2 amide bonds. The van der Waals surface area contributed by atoms with Gasteiger partial charge in [0.25, 0.3) is 6.47 Å². The van der Waals surface area contributed by atoms with Crippen molar-refractivity contribution in [3.05, 3.63) is 102 Å². The molecule has 0 saturated heterocycles. The van der Waals surface area contributed by atoms with Crippen molar-refractivity contribution in [2.45, 2.75) is 159 Å². The largest absolute Gasteiger partial charge is 0.467 e. The molecule has 1 aliphatic heterocycles. The van der Waals surface area contributed by atoms with E-state index in [1.165, 1.54) is 64.4 Å². The number of methoxy groups -OCH3 is 1. The molecule has 1 heterocycles. The standard InChI is InChI=1S/C40H55N3O4.C9H18.C7H16N2O.C6H9NO.C2H6/c1-9-11-17-35(30(4)26-46-8)39-37(25-40(6,7)27-47-28-44)36-24-33(18-19-38(36)43(39)10-2)34-22-29(3)21-32(23-34)16-14-12-13-15-20-41-42-31(5)45;1-5-9(6-2)7-8(3)4;1-5(2)6(7(8)10)9(3)4;1-7(2)5-3-4-6-8;1-2/h9,11,17-24,28,37,39H,1,10,12-16,25-27H2,2-8H3,(H,42,45);5,8-9H,1,6-7H2,2-4H3;5-6H,1-4H3,(H2,8,10);6H,5H2,1-2H3;1-2H3/b17-11-,35-30-,41-20-;;;;. The normalized spacial score (nSPS) is 14.8. The fourth-order valence-electron chi connectivity index (χ4n) is 9.26. The Morgan fingerprint density at radius 3 is 2.12 bits per heavy atom. The van der Waals surface area contributed by atoms with E-state index in [0.717, 1.165) is 56.9 Å². The molecule has 0 bridgehead atoms. The number of unbranched alkanes of at least 4 members (excludes halogenated alkanes) is 3. The van der Waals surface area contributed by atoms with Gasteiger partial charge in [0.15, 0.2) is 6.29 Å². The van der Waals surface area contributed by atoms with Crippen LogP contribution in [0.15, 0.2) is 90.1 Å². The van der Waals surface area contributed by atoms with E-state index < -0.39 is 0 Å². The number of anilines is 1. The van der Waals surface area contributed by atoms with Crippen molar-refractivity contribution in [3.8, 4) is 23.0 Å². The van der Waals surface area contributed by atoms with Crippen molar-refractivity contribution < 1.29 is 28.7 Å². The van der Waals surface area contributed by atoms with Crippen LogP contribution in [0.3, 0.4) is 0 Å². The third kappa shape index (κ3) is 29.6. The van der Waals surface area contributed by atoms with Gasteiger partial charge in [0.05, 0.1) is 31.8 Å². The number of nitrogens with two attached hydrogens (primary N) is 1. The number of nitrogens with zero attached hydrogens (tertiary/aromatic N) is 4. The molecule has 0 spiro atoms. The van der Waals surface area contributed by atoms with Crippen LogP contribution in [0.1, 0.15) is 151 Å². The van der Waals surface area contributed by atoms with E-state index in [2.05, 4.69) is 144 Å². The maximum atomic E-state index is 11.2. The van der Waals surface area contributed by atoms with Crippen LogP contribution in [-0.2, 0) is 35.1 Å². The van der Waals surface area contributed by atoms with Crippen LogP contribution in [0.4, 0.5) is 5.69 Å². The molecular weight excluding hydrogens is 949 g/mol. The number of nitrogens with one attached hydrogen (secondary N) is 1. The molecule has 3 N–H and O–H groups in total. The van der Waals surface area contributed by atoms with E-state index in [4.69, 9.17) is 15.2 Å². The fraction of sp³-hybridized carbons (Fsp3) is 0.578. The Labute approximate surface area is 463 Å². The SMILES string of the molecule is C=C/C=C\C(=C(/C)COC)C1C(CC(C)(C)COC=O)c2cc(-c3cc(C)cc(CCCCC/C=N\NC(C)=O)c3)ccc2N1CC.C=CC(CC)CC(C)C.CC.CC(C)C(C(N)=O)N(C)C.CN(C)CC#CC=O. The maximum Gasteiger partial charge on any atom is 0.293 e. The molecule has 0 saturated carbocycles. The van der Waals surface area contributed by atoms with Gasteiger partial charge in [-0.3, -0.25) is 29.0 Å². The number of hydrogen-bond acceptors (Lipinski definition) is 10. The van der Waals surface area contributed by atoms with Gasteiger partial charge in [-0.05, 0) is 169 Å². The van der Waals surface area contributed by atoms with Crippen molar-refractivity contribution in [2.75, 3.05) is 66.5 Å². The summed E-state index contributed by atoms with van der Waals surface area (Å²) >= 11 is 0. The Bertz CT molecular complexity index is 2150. The van der Waals surface area contributed by atoms with Crippen LogP contribution in [0.25, 0.3) is 11.1 Å². The summed E-state index contributed by atoms with van der Waals surface area (Å²) < 4.78 is 10.9. The van der Waals surface area contributed by atoms with Crippen LogP contribution in [0, 0.1) is 41.9 Å². The first kappa shape index (κ1) is 72.5. The van der Waals surface area contributed by atoms with E-state index in [9.17, 15) is 19.2 Å². The summed E-state index contributed by atoms with van der Waals surface area (Å²) in [6, 6.07) is 13.8. The summed E-state index contributed by atoms with van der Waals surface area (Å²) in [5.41, 5.74) is 17.4. The van der Waals surface area contributed by atoms with Gasteiger partial charge < -0.3 is 20.1 Å². The third-order valence-corrected chi connectivity index (χ3v) is 12.4. The second-order valence-corrected chi connectivity index (χ2v) is 21.2. The predicted molar refractivity (Wildman–Crippen MR) is 324 cm³/mol. The number of fused-ring (bicyclic) bond motifs is 1. The molecule has 426 valence electrons. The number of allylic oxidation sites excluding steroid dienone is 3. The van der Waals surface area contributed by atoms with E-state index in [-0.39, 0.29) is 41.1 Å². The highest BCUT2D eigenvalue weighted by Gasteiger charge is 2.42. The van der Waals surface area contributed by atoms with Gasteiger partial charge in [0, 0.05) is 38.4 Å². The summed E-state index contributed by atoms with van der Waals surface area (Å²) in [4.78, 5) is 48.7. The molecule has 12 nitrogen and oxygen atoms in total. The second kappa shape index (κ2) is 41.5. The number of aldehydes is 1. The number of hydrogen-bond donors (Lipinski definition) is 2. The molecular formula is C64H104N6O6. The first-order valence-corrected chi connectivity index (χ1v) is 27.5. The zero-order valence-corrected chi connectivity index (χ0v) is 50.7. The van der Waals surface area contributed by atoms with E-state index in [1.807, 2.05) is 77.8 Å². The first-order valence-electron chi connectivity index (χ1n) is 27.5. The molecule has 4 atom stereocenters. The molecule has 2 aromatic carbocycles. The van der Waals surface area contributed by atoms with Gasteiger partial charge in [-0.1, -0.05) is 135 Å². The molecule has 3 rings (SSSR count). The molecule has 0 radical (unpaired) electrons. The zero-order valence-electron chi connectivity index (χ0n) is 50.7. The number of aryl methyl sites for hydroxylation is 2. The maximum absolute atomic E-state index is 11.2. The van der Waals surface area contributed by atoms with Gasteiger partial charge in [0.1, 0.15) is 0 Å². The Kier molecular flexibility index (Phi) is 39.6. The van der Waals surface area contributed by atoms with Crippen LogP contribution >= 0.6 is 0 Å². The number of benzene rings is 2. The predicted octanol–water partition coefficient (Wildman–Crippen LogP) is 12.6. The van der Waals surface area contributed by atoms with Crippen LogP contribution in [0.2, 0.25) is 0 Å². The number of ether oxygens (including phenoxy) is 2. The minimum Gasteiger partial charge on any atom is -0.467 e. The molecule has 0 aliphatic carbocycles. The van der Waals surface area contributed by atoms with Gasteiger partial charge in [0.2, 0.25) is 11.8 Å². The van der Waals surface area contributed by atoms with E-state index in [0.29, 0.717) is 32.5 Å². The smallest absolute Gasteiger partial charge is 0.293 e. The summed E-state index contributed by atoms with van der Waals surface area (Å²) in [5.74, 6) is 6.56. The van der Waals surface area contributed by atoms with Crippen molar-refractivity contribution in [1.82, 2.24) is 15.2 Å². The average Bonchev–Trinajstić information content (AvgIpc) is 3.65. The molecule has 12 heteroatoms. The topological polar surface area (TPSA) is 147 Å². The van der Waals surface area contributed by atoms with Gasteiger partial charge in [-0.15, -0.1) is 6.58 Å². The van der Waals surface area contributed by atoms with E-state index >= 15 is 0 Å². The molecule has 4 unspecified atom stereocenters. The fourth-order valence-corrected chi connectivity index (χ4v) is 9.26. The lowest BCUT2D eigenvalue weighted by atomic mass is 9.75. The lowest BCUT2D eigenvalue weighted by Crippen LogP contribution is -2.43. The molecule has 0 fully saturated rings. The summed E-state index contributed by atoms with van der Waals surface area (Å²) in [6.45, 7) is 37.8. The highest BCUT2D eigenvalue weighted by molar-refractivity contribution is 5.80. The number of hydrazone groups is 1. The number of rotatable bonds is 27. The average molecular weight is 1050 g/mol. The van der Waals surface area contributed by atoms with Crippen molar-refractivity contribution in [2.24, 2.45) is 34.0 Å². The van der Waals surface area contributed by atoms with Gasteiger partial charge in [-0.2, -0.15) is 5.10 Å². The van der Waals surface area contributed by atoms with Crippen molar-refractivity contribution in [1.29, 1.82) is 0 Å². The molecule has 76 heavy (non-hydrogen) atoms. The number of carbonyl (C=O) groups excluding carboxylic acids is 4. The van der Waals surface area contributed by atoms with Crippen molar-refractivity contribution >= 4 is 36.5 Å². The van der Waals surface area contributed by atoms with Gasteiger partial charge >= 0.3 is 0 Å². The van der Waals surface area contributed by atoms with Crippen molar-refractivity contribution in [3.63, 3.8) is 0 Å². The zero-order chi connectivity index (χ0) is 58.4. The Morgan fingerprint density at radius 1 is 0.974 bits per heavy atom. The molecule has 1 aliphatic rings. The minimum atomic E-state index is -0.250. The quantitative estimate of drug-likeness (QED) is 0.0170. The number of primary amides is 1. The number of carbonyl (C=O) groups is 4. The summed E-state index contributed by atoms with van der Waals surface area (Å²) in [6.07, 6.45) is 19.0.